The van der Waals surface area contributed by atoms with E-state index in [1.54, 1.807) is 6.07 Å². The van der Waals surface area contributed by atoms with Crippen molar-refractivity contribution in [3.63, 3.8) is 0 Å². The van der Waals surface area contributed by atoms with E-state index in [0.717, 1.165) is 0 Å². The van der Waals surface area contributed by atoms with Gasteiger partial charge in [0.2, 0.25) is 0 Å². The van der Waals surface area contributed by atoms with Gasteiger partial charge in [-0.2, -0.15) is 5.26 Å². The standard InChI is InChI=1S/C8H11N3O2/c9-5-7(8(10)12)6-11-1-3-13-4-2-11/h6H,1-4H2,(H2,10,12)/b7-6+. The highest BCUT2D eigenvalue weighted by molar-refractivity contribution is 5.95. The molecule has 70 valence electrons. The molecule has 0 saturated carbocycles. The van der Waals surface area contributed by atoms with Crippen LogP contribution in [0.5, 0.6) is 0 Å². The normalized spacial score (nSPS) is 18.1. The number of nitrogens with zero attached hydrogens (tertiary/aromatic N) is 2. The molecule has 1 amide bonds. The topological polar surface area (TPSA) is 79.3 Å². The summed E-state index contributed by atoms with van der Waals surface area (Å²) in [7, 11) is 0. The Morgan fingerprint density at radius 3 is 2.62 bits per heavy atom. The number of hydrogen-bond donors (Lipinski definition) is 1. The highest BCUT2D eigenvalue weighted by Gasteiger charge is 2.10. The van der Waals surface area contributed by atoms with E-state index < -0.39 is 5.91 Å². The van der Waals surface area contributed by atoms with Gasteiger partial charge in [0.1, 0.15) is 11.6 Å². The van der Waals surface area contributed by atoms with E-state index in [2.05, 4.69) is 0 Å². The summed E-state index contributed by atoms with van der Waals surface area (Å²) in [5, 5.41) is 8.55. The Kier molecular flexibility index (Phi) is 3.29. The van der Waals surface area contributed by atoms with Crippen LogP contribution in [0.25, 0.3) is 0 Å². The molecular weight excluding hydrogens is 170 g/mol. The molecule has 1 saturated heterocycles. The Morgan fingerprint density at radius 2 is 2.15 bits per heavy atom. The molecule has 5 nitrogen and oxygen atoms in total. The molecule has 0 aromatic heterocycles. The van der Waals surface area contributed by atoms with E-state index in [-0.39, 0.29) is 5.57 Å². The van der Waals surface area contributed by atoms with Gasteiger partial charge in [0.15, 0.2) is 0 Å². The smallest absolute Gasteiger partial charge is 0.260 e. The minimum atomic E-state index is -0.686. The van der Waals surface area contributed by atoms with Gasteiger partial charge in [-0.1, -0.05) is 0 Å². The Morgan fingerprint density at radius 1 is 1.54 bits per heavy atom. The van der Waals surface area contributed by atoms with Crippen molar-refractivity contribution in [1.29, 1.82) is 5.26 Å². The number of morpholine rings is 1. The molecular formula is C8H11N3O2. The highest BCUT2D eigenvalue weighted by Crippen LogP contribution is 2.01. The SMILES string of the molecule is N#C/C(=C\N1CCOCC1)C(N)=O. The molecule has 1 aliphatic rings. The van der Waals surface area contributed by atoms with Crippen LogP contribution < -0.4 is 5.73 Å². The molecule has 0 aliphatic carbocycles. The van der Waals surface area contributed by atoms with Gasteiger partial charge < -0.3 is 15.4 Å². The number of carbonyl (C=O) groups excluding carboxylic acids is 1. The van der Waals surface area contributed by atoms with Crippen LogP contribution in [0.1, 0.15) is 0 Å². The Balaban J connectivity index is 2.61. The quantitative estimate of drug-likeness (QED) is 0.447. The number of primary amides is 1. The summed E-state index contributed by atoms with van der Waals surface area (Å²) in [4.78, 5) is 12.5. The molecule has 0 unspecified atom stereocenters. The summed E-state index contributed by atoms with van der Waals surface area (Å²) in [6.07, 6.45) is 1.49. The van der Waals surface area contributed by atoms with E-state index in [1.165, 1.54) is 6.20 Å². The molecule has 5 heteroatoms. The van der Waals surface area contributed by atoms with E-state index in [4.69, 9.17) is 15.7 Å². The van der Waals surface area contributed by atoms with E-state index >= 15 is 0 Å². The van der Waals surface area contributed by atoms with Crippen LogP contribution in [0.3, 0.4) is 0 Å². The van der Waals surface area contributed by atoms with Gasteiger partial charge in [-0.25, -0.2) is 0 Å². The van der Waals surface area contributed by atoms with Crippen LogP contribution >= 0.6 is 0 Å². The van der Waals surface area contributed by atoms with Crippen molar-refractivity contribution in [2.24, 2.45) is 5.73 Å². The number of amides is 1. The Hall–Kier alpha value is -1.54. The van der Waals surface area contributed by atoms with Gasteiger partial charge in [-0.15, -0.1) is 0 Å². The Bertz CT molecular complexity index is 261. The first-order valence-electron chi connectivity index (χ1n) is 3.97. The van der Waals surface area contributed by atoms with Crippen LogP contribution in [0.4, 0.5) is 0 Å². The lowest BCUT2D eigenvalue weighted by Gasteiger charge is -2.25. The predicted molar refractivity (Wildman–Crippen MR) is 45.3 cm³/mol. The molecule has 0 atom stereocenters. The average Bonchev–Trinajstić information content (AvgIpc) is 2.15. The maximum Gasteiger partial charge on any atom is 0.260 e. The lowest BCUT2D eigenvalue weighted by Crippen LogP contribution is -2.33. The minimum absolute atomic E-state index is 0.0121. The molecule has 0 spiro atoms. The van der Waals surface area contributed by atoms with Crippen molar-refractivity contribution >= 4 is 5.91 Å². The van der Waals surface area contributed by atoms with Crippen LogP contribution in [0, 0.1) is 11.3 Å². The molecule has 2 N–H and O–H groups in total. The molecule has 1 rings (SSSR count). The number of hydrogen-bond acceptors (Lipinski definition) is 4. The van der Waals surface area contributed by atoms with Crippen molar-refractivity contribution < 1.29 is 9.53 Å². The minimum Gasteiger partial charge on any atom is -0.378 e. The molecule has 0 radical (unpaired) electrons. The van der Waals surface area contributed by atoms with Gasteiger partial charge in [-0.3, -0.25) is 4.79 Å². The predicted octanol–water partition coefficient (Wildman–Crippen LogP) is -0.789. The summed E-state index contributed by atoms with van der Waals surface area (Å²) in [5.41, 5.74) is 4.96. The van der Waals surface area contributed by atoms with Gasteiger partial charge in [0.25, 0.3) is 5.91 Å². The van der Waals surface area contributed by atoms with Crippen LogP contribution in [-0.2, 0) is 9.53 Å². The number of carbonyl (C=O) groups is 1. The first-order chi connectivity index (χ1) is 6.24. The monoisotopic (exact) mass is 181 g/mol. The van der Waals surface area contributed by atoms with Crippen molar-refractivity contribution in [1.82, 2.24) is 4.90 Å². The zero-order valence-corrected chi connectivity index (χ0v) is 7.19. The summed E-state index contributed by atoms with van der Waals surface area (Å²) >= 11 is 0. The third kappa shape index (κ3) is 2.76. The van der Waals surface area contributed by atoms with Crippen molar-refractivity contribution in [2.75, 3.05) is 26.3 Å². The van der Waals surface area contributed by atoms with E-state index in [0.29, 0.717) is 26.3 Å². The molecule has 0 aromatic rings. The maximum atomic E-state index is 10.7. The molecule has 13 heavy (non-hydrogen) atoms. The summed E-state index contributed by atoms with van der Waals surface area (Å²) < 4.78 is 5.11. The van der Waals surface area contributed by atoms with Crippen molar-refractivity contribution in [3.05, 3.63) is 11.8 Å². The zero-order valence-electron chi connectivity index (χ0n) is 7.19. The second-order valence-corrected chi connectivity index (χ2v) is 2.67. The largest absolute Gasteiger partial charge is 0.378 e. The Labute approximate surface area is 76.4 Å². The average molecular weight is 181 g/mol. The fourth-order valence-corrected chi connectivity index (χ4v) is 1.04. The summed E-state index contributed by atoms with van der Waals surface area (Å²) in [5.74, 6) is -0.686. The number of ether oxygens (including phenoxy) is 1. The third-order valence-corrected chi connectivity index (χ3v) is 1.74. The van der Waals surface area contributed by atoms with Gasteiger partial charge in [0.05, 0.1) is 13.2 Å². The summed E-state index contributed by atoms with van der Waals surface area (Å²) in [6, 6.07) is 1.75. The molecule has 0 aromatic carbocycles. The third-order valence-electron chi connectivity index (χ3n) is 1.74. The van der Waals surface area contributed by atoms with Crippen molar-refractivity contribution in [2.45, 2.75) is 0 Å². The molecule has 0 bridgehead atoms. The highest BCUT2D eigenvalue weighted by atomic mass is 16.5. The molecule has 1 aliphatic heterocycles. The fraction of sp³-hybridized carbons (Fsp3) is 0.500. The van der Waals surface area contributed by atoms with Crippen LogP contribution in [-0.4, -0.2) is 37.1 Å². The first kappa shape index (κ1) is 9.55. The van der Waals surface area contributed by atoms with Crippen LogP contribution in [0.2, 0.25) is 0 Å². The molecule has 1 heterocycles. The summed E-state index contributed by atoms with van der Waals surface area (Å²) in [6.45, 7) is 2.62. The zero-order chi connectivity index (χ0) is 9.68. The number of nitriles is 1. The van der Waals surface area contributed by atoms with Gasteiger partial charge >= 0.3 is 0 Å². The number of nitrogens with two attached hydrogens (primary N) is 1. The number of rotatable bonds is 2. The van der Waals surface area contributed by atoms with Crippen LogP contribution in [0.15, 0.2) is 11.8 Å². The maximum absolute atomic E-state index is 10.7. The van der Waals surface area contributed by atoms with Gasteiger partial charge in [-0.05, 0) is 0 Å². The lowest BCUT2D eigenvalue weighted by molar-refractivity contribution is -0.114. The van der Waals surface area contributed by atoms with E-state index in [9.17, 15) is 4.79 Å². The lowest BCUT2D eigenvalue weighted by atomic mass is 10.3. The fourth-order valence-electron chi connectivity index (χ4n) is 1.04. The van der Waals surface area contributed by atoms with Crippen molar-refractivity contribution in [3.8, 4) is 6.07 Å². The first-order valence-corrected chi connectivity index (χ1v) is 3.97. The second-order valence-electron chi connectivity index (χ2n) is 2.67. The second kappa shape index (κ2) is 4.48. The van der Waals surface area contributed by atoms with E-state index in [1.807, 2.05) is 4.90 Å². The van der Waals surface area contributed by atoms with Gasteiger partial charge in [0, 0.05) is 19.3 Å². The molecule has 1 fully saturated rings.